The molecule has 0 bridgehead atoms. The third-order valence-corrected chi connectivity index (χ3v) is 4.65. The molecule has 0 fully saturated rings. The second-order valence-corrected chi connectivity index (χ2v) is 6.38. The van der Waals surface area contributed by atoms with Crippen LogP contribution in [-0.2, 0) is 17.8 Å². The lowest BCUT2D eigenvalue weighted by Crippen LogP contribution is -2.23. The van der Waals surface area contributed by atoms with Gasteiger partial charge in [0.1, 0.15) is 11.3 Å². The second-order valence-electron chi connectivity index (χ2n) is 5.44. The van der Waals surface area contributed by atoms with E-state index in [2.05, 4.69) is 25.4 Å². The van der Waals surface area contributed by atoms with Gasteiger partial charge in [-0.05, 0) is 25.8 Å². The third kappa shape index (κ3) is 3.63. The summed E-state index contributed by atoms with van der Waals surface area (Å²) in [6.07, 6.45) is 2.27. The molecule has 0 saturated carbocycles. The Bertz CT molecular complexity index is 948. The van der Waals surface area contributed by atoms with Gasteiger partial charge in [-0.3, -0.25) is 4.79 Å². The molecule has 0 aliphatic heterocycles. The highest BCUT2D eigenvalue weighted by Gasteiger charge is 2.13. The van der Waals surface area contributed by atoms with E-state index in [9.17, 15) is 9.59 Å². The lowest BCUT2D eigenvalue weighted by atomic mass is 10.1. The van der Waals surface area contributed by atoms with Gasteiger partial charge in [0.05, 0.1) is 6.54 Å². The number of aromatic carboxylic acids is 1. The first-order valence-corrected chi connectivity index (χ1v) is 8.44. The van der Waals surface area contributed by atoms with Crippen molar-refractivity contribution in [1.29, 1.82) is 0 Å². The first-order valence-electron chi connectivity index (χ1n) is 7.56. The van der Waals surface area contributed by atoms with Crippen LogP contribution in [0.4, 0.5) is 0 Å². The van der Waals surface area contributed by atoms with Gasteiger partial charge >= 0.3 is 5.97 Å². The zero-order valence-electron chi connectivity index (χ0n) is 13.7. The number of thiazole rings is 1. The molecule has 0 radical (unpaired) electrons. The Kier molecular flexibility index (Phi) is 4.70. The van der Waals surface area contributed by atoms with Crippen molar-refractivity contribution in [1.82, 2.24) is 29.9 Å². The SMILES string of the molecule is Cc1nc2ncnn2c(C)c1CCC(=O)NCc1nc(C(=O)O)cs1. The van der Waals surface area contributed by atoms with Crippen LogP contribution in [0.2, 0.25) is 0 Å². The van der Waals surface area contributed by atoms with E-state index in [1.807, 2.05) is 13.8 Å². The van der Waals surface area contributed by atoms with Crippen LogP contribution in [-0.4, -0.2) is 41.5 Å². The molecule has 3 rings (SSSR count). The highest BCUT2D eigenvalue weighted by Crippen LogP contribution is 2.15. The molecule has 10 heteroatoms. The van der Waals surface area contributed by atoms with Crippen molar-refractivity contribution in [3.8, 4) is 0 Å². The van der Waals surface area contributed by atoms with E-state index in [-0.39, 0.29) is 18.1 Å². The van der Waals surface area contributed by atoms with E-state index in [0.29, 0.717) is 23.6 Å². The molecular formula is C15H16N6O3S. The van der Waals surface area contributed by atoms with E-state index in [0.717, 1.165) is 17.0 Å². The van der Waals surface area contributed by atoms with Gasteiger partial charge in [0, 0.05) is 23.2 Å². The zero-order valence-corrected chi connectivity index (χ0v) is 14.5. The Morgan fingerprint density at radius 2 is 2.12 bits per heavy atom. The summed E-state index contributed by atoms with van der Waals surface area (Å²) in [4.78, 5) is 35.2. The van der Waals surface area contributed by atoms with Crippen molar-refractivity contribution in [3.63, 3.8) is 0 Å². The second kappa shape index (κ2) is 6.93. The molecule has 1 amide bonds. The number of carboxylic acids is 1. The van der Waals surface area contributed by atoms with Crippen LogP contribution in [0.5, 0.6) is 0 Å². The Balaban J connectivity index is 1.59. The highest BCUT2D eigenvalue weighted by molar-refractivity contribution is 7.09. The van der Waals surface area contributed by atoms with Crippen molar-refractivity contribution in [2.24, 2.45) is 0 Å². The molecule has 0 unspecified atom stereocenters. The molecular weight excluding hydrogens is 344 g/mol. The van der Waals surface area contributed by atoms with Crippen molar-refractivity contribution in [2.75, 3.05) is 0 Å². The zero-order chi connectivity index (χ0) is 18.0. The Hall–Kier alpha value is -2.88. The van der Waals surface area contributed by atoms with Crippen molar-refractivity contribution in [3.05, 3.63) is 39.4 Å². The Morgan fingerprint density at radius 3 is 2.84 bits per heavy atom. The molecule has 25 heavy (non-hydrogen) atoms. The number of nitrogens with one attached hydrogen (secondary N) is 1. The lowest BCUT2D eigenvalue weighted by Gasteiger charge is -2.10. The fraction of sp³-hybridized carbons (Fsp3) is 0.333. The monoisotopic (exact) mass is 360 g/mol. The molecule has 0 saturated heterocycles. The molecule has 9 nitrogen and oxygen atoms in total. The first kappa shape index (κ1) is 17.0. The van der Waals surface area contributed by atoms with E-state index in [1.54, 1.807) is 4.52 Å². The first-order chi connectivity index (χ1) is 12.0. The molecule has 0 aliphatic rings. The maximum atomic E-state index is 12.1. The van der Waals surface area contributed by atoms with Gasteiger partial charge in [-0.2, -0.15) is 10.1 Å². The molecule has 2 N–H and O–H groups in total. The highest BCUT2D eigenvalue weighted by atomic mass is 32.1. The molecule has 0 aliphatic carbocycles. The summed E-state index contributed by atoms with van der Waals surface area (Å²) >= 11 is 1.21. The summed E-state index contributed by atoms with van der Waals surface area (Å²) in [5.41, 5.74) is 2.71. The number of fused-ring (bicyclic) bond motifs is 1. The van der Waals surface area contributed by atoms with Crippen LogP contribution >= 0.6 is 11.3 Å². The van der Waals surface area contributed by atoms with Crippen LogP contribution in [0.15, 0.2) is 11.7 Å². The van der Waals surface area contributed by atoms with Crippen LogP contribution < -0.4 is 5.32 Å². The minimum atomic E-state index is -1.07. The molecule has 3 heterocycles. The van der Waals surface area contributed by atoms with E-state index in [4.69, 9.17) is 5.11 Å². The average molecular weight is 360 g/mol. The predicted molar refractivity (Wildman–Crippen MR) is 89.5 cm³/mol. The Labute approximate surface area is 146 Å². The number of amides is 1. The van der Waals surface area contributed by atoms with Crippen molar-refractivity contribution < 1.29 is 14.7 Å². The average Bonchev–Trinajstić information content (AvgIpc) is 3.21. The van der Waals surface area contributed by atoms with E-state index in [1.165, 1.54) is 23.0 Å². The summed E-state index contributed by atoms with van der Waals surface area (Å²) in [6, 6.07) is 0. The number of rotatable bonds is 6. The summed E-state index contributed by atoms with van der Waals surface area (Å²) < 4.78 is 1.66. The molecule has 0 atom stereocenters. The summed E-state index contributed by atoms with van der Waals surface area (Å²) in [5, 5.41) is 17.7. The van der Waals surface area contributed by atoms with Gasteiger partial charge in [-0.15, -0.1) is 11.3 Å². The number of hydrogen-bond acceptors (Lipinski definition) is 7. The van der Waals surface area contributed by atoms with Gasteiger partial charge in [-0.1, -0.05) is 0 Å². The van der Waals surface area contributed by atoms with E-state index < -0.39 is 5.97 Å². The molecule has 3 aromatic heterocycles. The van der Waals surface area contributed by atoms with Crippen LogP contribution in [0.1, 0.15) is 38.9 Å². The number of carbonyl (C=O) groups is 2. The maximum absolute atomic E-state index is 12.1. The minimum Gasteiger partial charge on any atom is -0.476 e. The van der Waals surface area contributed by atoms with Gasteiger partial charge in [0.2, 0.25) is 5.91 Å². The lowest BCUT2D eigenvalue weighted by molar-refractivity contribution is -0.121. The van der Waals surface area contributed by atoms with Gasteiger partial charge in [0.25, 0.3) is 5.78 Å². The number of aryl methyl sites for hydroxylation is 2. The van der Waals surface area contributed by atoms with Gasteiger partial charge in [-0.25, -0.2) is 19.3 Å². The molecule has 3 aromatic rings. The topological polar surface area (TPSA) is 122 Å². The molecule has 130 valence electrons. The number of carboxylic acid groups (broad SMARTS) is 1. The van der Waals surface area contributed by atoms with Crippen LogP contribution in [0.25, 0.3) is 5.78 Å². The van der Waals surface area contributed by atoms with Gasteiger partial charge < -0.3 is 10.4 Å². The minimum absolute atomic E-state index is 0.00675. The quantitative estimate of drug-likeness (QED) is 0.676. The smallest absolute Gasteiger partial charge is 0.355 e. The fourth-order valence-corrected chi connectivity index (χ4v) is 3.22. The van der Waals surface area contributed by atoms with Crippen molar-refractivity contribution >= 4 is 29.0 Å². The maximum Gasteiger partial charge on any atom is 0.355 e. The standard InChI is InChI=1S/C15H16N6O3S/c1-8-10(9(2)21-15(19-8)17-7-18-21)3-4-12(22)16-5-13-20-11(6-25-13)14(23)24/h6-7H,3-5H2,1-2H3,(H,16,22)(H,23,24). The van der Waals surface area contributed by atoms with Gasteiger partial charge in [0.15, 0.2) is 5.69 Å². The fourth-order valence-electron chi connectivity index (χ4n) is 2.51. The predicted octanol–water partition coefficient (Wildman–Crippen LogP) is 1.14. The largest absolute Gasteiger partial charge is 0.476 e. The molecule has 0 spiro atoms. The van der Waals surface area contributed by atoms with E-state index >= 15 is 0 Å². The third-order valence-electron chi connectivity index (χ3n) is 3.80. The normalized spacial score (nSPS) is 11.0. The number of aromatic nitrogens is 5. The molecule has 0 aromatic carbocycles. The van der Waals surface area contributed by atoms with Crippen LogP contribution in [0.3, 0.4) is 0 Å². The number of nitrogens with zero attached hydrogens (tertiary/aromatic N) is 5. The summed E-state index contributed by atoms with van der Waals surface area (Å²) in [7, 11) is 0. The summed E-state index contributed by atoms with van der Waals surface area (Å²) in [5.74, 6) is -0.665. The number of hydrogen-bond donors (Lipinski definition) is 2. The Morgan fingerprint density at radius 1 is 1.32 bits per heavy atom. The number of carbonyl (C=O) groups excluding carboxylic acids is 1. The van der Waals surface area contributed by atoms with Crippen molar-refractivity contribution in [2.45, 2.75) is 33.2 Å². The van der Waals surface area contributed by atoms with Crippen LogP contribution in [0, 0.1) is 13.8 Å². The summed E-state index contributed by atoms with van der Waals surface area (Å²) in [6.45, 7) is 4.03.